The Labute approximate surface area is 104 Å². The Morgan fingerprint density at radius 2 is 2.18 bits per heavy atom. The molecule has 0 bridgehead atoms. The molecule has 1 rings (SSSR count). The fraction of sp³-hybridized carbons (Fsp3) is 0.923. The first kappa shape index (κ1) is 14.5. The standard InChI is InChI=1S/C13H25NO3/c1-11(2)4-8-17-9-7-14-6-5-13(3,10-14)12(15)16/h11H,4-10H2,1-3H3,(H,15,16). The zero-order valence-electron chi connectivity index (χ0n) is 11.2. The zero-order chi connectivity index (χ0) is 12.9. The van der Waals surface area contributed by atoms with Crippen molar-refractivity contribution in [3.63, 3.8) is 0 Å². The third-order valence-corrected chi connectivity index (χ3v) is 3.46. The van der Waals surface area contributed by atoms with E-state index in [0.29, 0.717) is 19.1 Å². The van der Waals surface area contributed by atoms with Crippen molar-refractivity contribution in [2.45, 2.75) is 33.6 Å². The zero-order valence-corrected chi connectivity index (χ0v) is 11.2. The first-order valence-electron chi connectivity index (χ1n) is 6.47. The van der Waals surface area contributed by atoms with Crippen LogP contribution in [-0.4, -0.2) is 48.8 Å². The Morgan fingerprint density at radius 3 is 2.71 bits per heavy atom. The predicted molar refractivity (Wildman–Crippen MR) is 67.1 cm³/mol. The monoisotopic (exact) mass is 243 g/mol. The van der Waals surface area contributed by atoms with E-state index in [1.165, 1.54) is 0 Å². The van der Waals surface area contributed by atoms with E-state index in [0.717, 1.165) is 32.5 Å². The molecular formula is C13H25NO3. The average molecular weight is 243 g/mol. The molecule has 0 aromatic rings. The molecule has 1 heterocycles. The van der Waals surface area contributed by atoms with E-state index in [1.807, 2.05) is 6.92 Å². The summed E-state index contributed by atoms with van der Waals surface area (Å²) < 4.78 is 5.55. The van der Waals surface area contributed by atoms with Crippen LogP contribution in [-0.2, 0) is 9.53 Å². The first-order chi connectivity index (χ1) is 7.94. The highest BCUT2D eigenvalue weighted by Crippen LogP contribution is 2.29. The summed E-state index contributed by atoms with van der Waals surface area (Å²) >= 11 is 0. The molecule has 0 aromatic carbocycles. The third kappa shape index (κ3) is 4.64. The van der Waals surface area contributed by atoms with Crippen molar-refractivity contribution in [1.82, 2.24) is 4.90 Å². The van der Waals surface area contributed by atoms with Crippen molar-refractivity contribution >= 4 is 5.97 Å². The number of nitrogens with zero attached hydrogens (tertiary/aromatic N) is 1. The molecule has 1 saturated heterocycles. The van der Waals surface area contributed by atoms with E-state index in [1.54, 1.807) is 0 Å². The molecule has 0 aromatic heterocycles. The highest BCUT2D eigenvalue weighted by Gasteiger charge is 2.39. The smallest absolute Gasteiger partial charge is 0.310 e. The van der Waals surface area contributed by atoms with Crippen molar-refractivity contribution in [3.05, 3.63) is 0 Å². The van der Waals surface area contributed by atoms with Crippen molar-refractivity contribution in [1.29, 1.82) is 0 Å². The van der Waals surface area contributed by atoms with Gasteiger partial charge in [0.25, 0.3) is 0 Å². The number of carboxylic acids is 1. The molecule has 17 heavy (non-hydrogen) atoms. The van der Waals surface area contributed by atoms with Crippen molar-refractivity contribution < 1.29 is 14.6 Å². The van der Waals surface area contributed by atoms with Gasteiger partial charge in [0.05, 0.1) is 12.0 Å². The molecule has 0 saturated carbocycles. The lowest BCUT2D eigenvalue weighted by Crippen LogP contribution is -2.33. The topological polar surface area (TPSA) is 49.8 Å². The summed E-state index contributed by atoms with van der Waals surface area (Å²) in [6.45, 7) is 10.1. The number of carbonyl (C=O) groups is 1. The molecule has 0 aliphatic carbocycles. The van der Waals surface area contributed by atoms with Crippen molar-refractivity contribution in [2.75, 3.05) is 32.8 Å². The fourth-order valence-electron chi connectivity index (χ4n) is 2.04. The molecule has 1 aliphatic rings. The van der Waals surface area contributed by atoms with Crippen LogP contribution < -0.4 is 0 Å². The summed E-state index contributed by atoms with van der Waals surface area (Å²) in [6, 6.07) is 0. The van der Waals surface area contributed by atoms with Gasteiger partial charge in [-0.15, -0.1) is 0 Å². The molecule has 1 aliphatic heterocycles. The van der Waals surface area contributed by atoms with Crippen LogP contribution >= 0.6 is 0 Å². The SMILES string of the molecule is CC(C)CCOCCN1CCC(C)(C(=O)O)C1. The first-order valence-corrected chi connectivity index (χ1v) is 6.47. The molecule has 1 N–H and O–H groups in total. The van der Waals surface area contributed by atoms with Crippen LogP contribution in [0.5, 0.6) is 0 Å². The molecule has 1 atom stereocenters. The van der Waals surface area contributed by atoms with Gasteiger partial charge in [0.1, 0.15) is 0 Å². The molecule has 0 amide bonds. The van der Waals surface area contributed by atoms with E-state index >= 15 is 0 Å². The van der Waals surface area contributed by atoms with Crippen LogP contribution in [0.2, 0.25) is 0 Å². The highest BCUT2D eigenvalue weighted by molar-refractivity contribution is 5.74. The Morgan fingerprint density at radius 1 is 1.47 bits per heavy atom. The Bertz CT molecular complexity index is 255. The second kappa shape index (κ2) is 6.36. The number of ether oxygens (including phenoxy) is 1. The summed E-state index contributed by atoms with van der Waals surface area (Å²) in [6.07, 6.45) is 1.83. The molecule has 1 unspecified atom stereocenters. The van der Waals surface area contributed by atoms with Crippen LogP contribution in [0.15, 0.2) is 0 Å². The van der Waals surface area contributed by atoms with Gasteiger partial charge in [-0.1, -0.05) is 13.8 Å². The minimum atomic E-state index is -0.680. The van der Waals surface area contributed by atoms with Crippen LogP contribution in [0.25, 0.3) is 0 Å². The summed E-state index contributed by atoms with van der Waals surface area (Å²) in [5.41, 5.74) is -0.558. The van der Waals surface area contributed by atoms with Gasteiger partial charge in [-0.25, -0.2) is 0 Å². The molecule has 4 nitrogen and oxygen atoms in total. The van der Waals surface area contributed by atoms with Crippen LogP contribution in [0.4, 0.5) is 0 Å². The summed E-state index contributed by atoms with van der Waals surface area (Å²) in [5, 5.41) is 9.10. The molecular weight excluding hydrogens is 218 g/mol. The van der Waals surface area contributed by atoms with Crippen LogP contribution in [0.3, 0.4) is 0 Å². The molecule has 0 radical (unpaired) electrons. The number of aliphatic carboxylic acids is 1. The third-order valence-electron chi connectivity index (χ3n) is 3.46. The van der Waals surface area contributed by atoms with E-state index in [9.17, 15) is 4.79 Å². The van der Waals surface area contributed by atoms with Gasteiger partial charge in [0.2, 0.25) is 0 Å². The second-order valence-electron chi connectivity index (χ2n) is 5.69. The minimum absolute atomic E-state index is 0.558. The largest absolute Gasteiger partial charge is 0.481 e. The number of rotatable bonds is 7. The summed E-state index contributed by atoms with van der Waals surface area (Å²) in [4.78, 5) is 13.2. The maximum absolute atomic E-state index is 11.1. The van der Waals surface area contributed by atoms with E-state index in [-0.39, 0.29) is 0 Å². The van der Waals surface area contributed by atoms with E-state index in [4.69, 9.17) is 9.84 Å². The Balaban J connectivity index is 2.12. The van der Waals surface area contributed by atoms with E-state index < -0.39 is 11.4 Å². The molecule has 4 heteroatoms. The van der Waals surface area contributed by atoms with Crippen molar-refractivity contribution in [3.8, 4) is 0 Å². The van der Waals surface area contributed by atoms with E-state index in [2.05, 4.69) is 18.7 Å². The van der Waals surface area contributed by atoms with Crippen LogP contribution in [0.1, 0.15) is 33.6 Å². The Hall–Kier alpha value is -0.610. The van der Waals surface area contributed by atoms with Gasteiger partial charge in [-0.05, 0) is 32.2 Å². The normalized spacial score (nSPS) is 25.6. The fourth-order valence-corrected chi connectivity index (χ4v) is 2.04. The predicted octanol–water partition coefficient (Wildman–Crippen LogP) is 1.85. The lowest BCUT2D eigenvalue weighted by molar-refractivity contribution is -0.147. The number of hydrogen-bond donors (Lipinski definition) is 1. The molecule has 0 spiro atoms. The molecule has 1 fully saturated rings. The lowest BCUT2D eigenvalue weighted by atomic mass is 9.90. The van der Waals surface area contributed by atoms with Gasteiger partial charge in [-0.2, -0.15) is 0 Å². The molecule has 100 valence electrons. The second-order valence-corrected chi connectivity index (χ2v) is 5.69. The van der Waals surface area contributed by atoms with Crippen LogP contribution in [0, 0.1) is 11.3 Å². The minimum Gasteiger partial charge on any atom is -0.481 e. The van der Waals surface area contributed by atoms with Gasteiger partial charge < -0.3 is 9.84 Å². The highest BCUT2D eigenvalue weighted by atomic mass is 16.5. The number of hydrogen-bond acceptors (Lipinski definition) is 3. The summed E-state index contributed by atoms with van der Waals surface area (Å²) in [5.74, 6) is -0.00202. The number of likely N-dealkylation sites (tertiary alicyclic amines) is 1. The quantitative estimate of drug-likeness (QED) is 0.693. The maximum atomic E-state index is 11.1. The maximum Gasteiger partial charge on any atom is 0.310 e. The van der Waals surface area contributed by atoms with Crippen molar-refractivity contribution in [2.24, 2.45) is 11.3 Å². The van der Waals surface area contributed by atoms with Gasteiger partial charge >= 0.3 is 5.97 Å². The lowest BCUT2D eigenvalue weighted by Gasteiger charge is -2.20. The number of carboxylic acid groups (broad SMARTS) is 1. The van der Waals surface area contributed by atoms with Gasteiger partial charge in [0, 0.05) is 19.7 Å². The summed E-state index contributed by atoms with van der Waals surface area (Å²) in [7, 11) is 0. The van der Waals surface area contributed by atoms with Gasteiger partial charge in [0.15, 0.2) is 0 Å². The average Bonchev–Trinajstić information content (AvgIpc) is 2.61. The van der Waals surface area contributed by atoms with Gasteiger partial charge in [-0.3, -0.25) is 9.69 Å². The Kier molecular flexibility index (Phi) is 5.40.